The monoisotopic (exact) mass is 468 g/mol. The lowest BCUT2D eigenvalue weighted by Crippen LogP contribution is -2.23. The second-order valence-corrected chi connectivity index (χ2v) is 10.8. The number of nitrogens with one attached hydrogen (secondary N) is 1. The topological polar surface area (TPSA) is 120 Å². The summed E-state index contributed by atoms with van der Waals surface area (Å²) < 4.78 is 62.8. The van der Waals surface area contributed by atoms with Crippen molar-refractivity contribution < 1.29 is 21.6 Å². The lowest BCUT2D eigenvalue weighted by molar-refractivity contribution is 0.330. The molecular weight excluding hydrogens is 444 g/mol. The summed E-state index contributed by atoms with van der Waals surface area (Å²) in [5, 5.41) is 0. The molecule has 0 fully saturated rings. The van der Waals surface area contributed by atoms with Crippen molar-refractivity contribution in [3.05, 3.63) is 46.9 Å². The summed E-state index contributed by atoms with van der Waals surface area (Å²) in [4.78, 5) is 11.9. The van der Waals surface area contributed by atoms with Gasteiger partial charge in [-0.05, 0) is 43.3 Å². The normalized spacial score (nSPS) is 12.5. The number of sulfonamides is 2. The number of benzene rings is 2. The summed E-state index contributed by atoms with van der Waals surface area (Å²) >= 11 is 0. The maximum atomic E-state index is 13.0. The molecule has 1 heterocycles. The molecule has 0 bridgehead atoms. The Kier molecular flexibility index (Phi) is 5.91. The highest BCUT2D eigenvalue weighted by molar-refractivity contribution is 7.92. The number of aryl methyl sites for hydroxylation is 2. The van der Waals surface area contributed by atoms with Gasteiger partial charge in [0.2, 0.25) is 10.0 Å². The molecular formula is C19H24N4O6S2. The van der Waals surface area contributed by atoms with E-state index < -0.39 is 20.0 Å². The maximum absolute atomic E-state index is 13.0. The largest absolute Gasteiger partial charge is 0.492 e. The zero-order valence-electron chi connectivity index (χ0n) is 17.8. The molecule has 168 valence electrons. The van der Waals surface area contributed by atoms with Crippen molar-refractivity contribution >= 4 is 36.8 Å². The molecule has 0 radical (unpaired) electrons. The van der Waals surface area contributed by atoms with Crippen molar-refractivity contribution in [3.63, 3.8) is 0 Å². The van der Waals surface area contributed by atoms with Crippen LogP contribution in [0.25, 0.3) is 11.0 Å². The fourth-order valence-electron chi connectivity index (χ4n) is 3.11. The minimum Gasteiger partial charge on any atom is -0.492 e. The number of hydrogen-bond acceptors (Lipinski definition) is 6. The highest BCUT2D eigenvalue weighted by atomic mass is 32.2. The van der Waals surface area contributed by atoms with Crippen LogP contribution >= 0.6 is 0 Å². The number of ether oxygens (including phenoxy) is 1. The summed E-state index contributed by atoms with van der Waals surface area (Å²) in [6, 6.07) is 8.37. The van der Waals surface area contributed by atoms with Crippen molar-refractivity contribution in [2.24, 2.45) is 14.1 Å². The van der Waals surface area contributed by atoms with E-state index in [9.17, 15) is 21.6 Å². The predicted octanol–water partition coefficient (Wildman–Crippen LogP) is 1.33. The van der Waals surface area contributed by atoms with Crippen molar-refractivity contribution in [1.29, 1.82) is 0 Å². The van der Waals surface area contributed by atoms with Crippen molar-refractivity contribution in [1.82, 2.24) is 13.4 Å². The van der Waals surface area contributed by atoms with Gasteiger partial charge >= 0.3 is 5.69 Å². The molecule has 1 N–H and O–H groups in total. The minimum absolute atomic E-state index is 0.0610. The highest BCUT2D eigenvalue weighted by Crippen LogP contribution is 2.30. The zero-order valence-corrected chi connectivity index (χ0v) is 19.4. The second-order valence-electron chi connectivity index (χ2n) is 7.04. The highest BCUT2D eigenvalue weighted by Gasteiger charge is 2.24. The Morgan fingerprint density at radius 2 is 1.61 bits per heavy atom. The van der Waals surface area contributed by atoms with E-state index in [-0.39, 0.29) is 33.5 Å². The number of anilines is 1. The van der Waals surface area contributed by atoms with Crippen LogP contribution in [0.5, 0.6) is 5.75 Å². The molecule has 0 aliphatic carbocycles. The first-order chi connectivity index (χ1) is 14.4. The molecule has 10 nitrogen and oxygen atoms in total. The maximum Gasteiger partial charge on any atom is 0.328 e. The van der Waals surface area contributed by atoms with Crippen molar-refractivity contribution in [2.45, 2.75) is 16.7 Å². The SMILES string of the molecule is CCOc1ccc(NS(=O)(=O)c2ccc3c(c2)n(C)c(=O)n3C)cc1S(=O)(=O)N(C)C. The van der Waals surface area contributed by atoms with Gasteiger partial charge in [-0.1, -0.05) is 0 Å². The number of nitrogens with zero attached hydrogens (tertiary/aromatic N) is 3. The summed E-state index contributed by atoms with van der Waals surface area (Å²) in [6.45, 7) is 1.96. The average Bonchev–Trinajstić information content (AvgIpc) is 2.92. The Morgan fingerprint density at radius 3 is 2.23 bits per heavy atom. The fourth-order valence-corrected chi connectivity index (χ4v) is 5.23. The zero-order chi connectivity index (χ0) is 23.1. The molecule has 0 atom stereocenters. The molecule has 3 aromatic rings. The van der Waals surface area contributed by atoms with Gasteiger partial charge in [-0.15, -0.1) is 0 Å². The second kappa shape index (κ2) is 8.02. The quantitative estimate of drug-likeness (QED) is 0.559. The Morgan fingerprint density at radius 1 is 0.968 bits per heavy atom. The molecule has 0 unspecified atom stereocenters. The summed E-state index contributed by atoms with van der Waals surface area (Å²) in [7, 11) is -2.02. The smallest absolute Gasteiger partial charge is 0.328 e. The average molecular weight is 469 g/mol. The molecule has 0 spiro atoms. The Balaban J connectivity index is 2.06. The van der Waals surface area contributed by atoms with E-state index in [2.05, 4.69) is 4.72 Å². The van der Waals surface area contributed by atoms with Gasteiger partial charge in [0, 0.05) is 28.2 Å². The number of imidazole rings is 1. The Labute approximate surface area is 180 Å². The van der Waals surface area contributed by atoms with Crippen LogP contribution in [-0.2, 0) is 34.1 Å². The van der Waals surface area contributed by atoms with E-state index in [4.69, 9.17) is 4.74 Å². The van der Waals surface area contributed by atoms with Gasteiger partial charge < -0.3 is 4.74 Å². The summed E-state index contributed by atoms with van der Waals surface area (Å²) in [5.41, 5.74) is 0.832. The molecule has 0 aliphatic rings. The lowest BCUT2D eigenvalue weighted by atomic mass is 10.3. The van der Waals surface area contributed by atoms with Gasteiger partial charge in [-0.2, -0.15) is 0 Å². The lowest BCUT2D eigenvalue weighted by Gasteiger charge is -2.17. The number of aromatic nitrogens is 2. The number of rotatable bonds is 7. The van der Waals surface area contributed by atoms with E-state index in [0.717, 1.165) is 4.31 Å². The summed E-state index contributed by atoms with van der Waals surface area (Å²) in [6.07, 6.45) is 0. The van der Waals surface area contributed by atoms with E-state index in [1.54, 1.807) is 27.1 Å². The van der Waals surface area contributed by atoms with Gasteiger partial charge in [0.05, 0.1) is 28.2 Å². The van der Waals surface area contributed by atoms with Crippen LogP contribution in [0.15, 0.2) is 51.0 Å². The first kappa shape index (κ1) is 22.8. The Bertz CT molecular complexity index is 1420. The Hall–Kier alpha value is -2.83. The van der Waals surface area contributed by atoms with E-state index in [1.807, 2.05) is 0 Å². The number of hydrogen-bond donors (Lipinski definition) is 1. The van der Waals surface area contributed by atoms with Crippen LogP contribution in [0.4, 0.5) is 5.69 Å². The molecule has 2 aromatic carbocycles. The van der Waals surface area contributed by atoms with Crippen LogP contribution in [0.2, 0.25) is 0 Å². The number of fused-ring (bicyclic) bond motifs is 1. The van der Waals surface area contributed by atoms with E-state index >= 15 is 0 Å². The van der Waals surface area contributed by atoms with Crippen molar-refractivity contribution in [2.75, 3.05) is 25.4 Å². The van der Waals surface area contributed by atoms with Gasteiger partial charge in [0.25, 0.3) is 10.0 Å². The van der Waals surface area contributed by atoms with Crippen LogP contribution in [0, 0.1) is 0 Å². The molecule has 0 saturated carbocycles. The summed E-state index contributed by atoms with van der Waals surface area (Å²) in [5.74, 6) is 0.125. The molecule has 3 rings (SSSR count). The van der Waals surface area contributed by atoms with Gasteiger partial charge in [0.1, 0.15) is 10.6 Å². The third-order valence-electron chi connectivity index (χ3n) is 4.81. The van der Waals surface area contributed by atoms with Crippen molar-refractivity contribution in [3.8, 4) is 5.75 Å². The fraction of sp³-hybridized carbons (Fsp3) is 0.316. The molecule has 0 amide bonds. The van der Waals surface area contributed by atoms with Gasteiger partial charge in [-0.3, -0.25) is 13.9 Å². The predicted molar refractivity (Wildman–Crippen MR) is 117 cm³/mol. The van der Waals surface area contributed by atoms with E-state index in [1.165, 1.54) is 53.6 Å². The van der Waals surface area contributed by atoms with Gasteiger partial charge in [0.15, 0.2) is 0 Å². The molecule has 0 aliphatic heterocycles. The first-order valence-electron chi connectivity index (χ1n) is 9.27. The van der Waals surface area contributed by atoms with Crippen LogP contribution in [-0.4, -0.2) is 51.0 Å². The molecule has 31 heavy (non-hydrogen) atoms. The first-order valence-corrected chi connectivity index (χ1v) is 12.2. The third kappa shape index (κ3) is 4.05. The molecule has 0 saturated heterocycles. The molecule has 1 aromatic heterocycles. The third-order valence-corrected chi connectivity index (χ3v) is 8.02. The van der Waals surface area contributed by atoms with Gasteiger partial charge in [-0.25, -0.2) is 25.9 Å². The minimum atomic E-state index is -4.06. The van der Waals surface area contributed by atoms with E-state index in [0.29, 0.717) is 11.0 Å². The van der Waals surface area contributed by atoms with Crippen LogP contribution in [0.3, 0.4) is 0 Å². The van der Waals surface area contributed by atoms with Crippen LogP contribution < -0.4 is 15.1 Å². The van der Waals surface area contributed by atoms with Crippen LogP contribution in [0.1, 0.15) is 6.92 Å². The molecule has 12 heteroatoms. The standard InChI is InChI=1S/C19H24N4O6S2/c1-6-29-17-10-7-13(11-18(17)31(27,28)21(2)3)20-30(25,26)14-8-9-15-16(12-14)23(5)19(24)22(15)4/h7-12,20H,6H2,1-5H3.